The molecule has 1 N–H and O–H groups in total. The van der Waals surface area contributed by atoms with Crippen molar-refractivity contribution in [3.05, 3.63) is 0 Å². The van der Waals surface area contributed by atoms with Crippen LogP contribution in [-0.4, -0.2) is 11.7 Å². The van der Waals surface area contributed by atoms with E-state index in [2.05, 4.69) is 6.92 Å². The lowest BCUT2D eigenvalue weighted by atomic mass is 10.0. The fraction of sp³-hybridized carbons (Fsp3) is 1.00. The van der Waals surface area contributed by atoms with Crippen LogP contribution >= 0.6 is 0 Å². The van der Waals surface area contributed by atoms with Gasteiger partial charge in [-0.3, -0.25) is 0 Å². The van der Waals surface area contributed by atoms with E-state index in [-0.39, 0.29) is 5.48 Å². The third kappa shape index (κ3) is 20.2. The van der Waals surface area contributed by atoms with Gasteiger partial charge >= 0.3 is 0 Å². The molecule has 0 aromatic rings. The van der Waals surface area contributed by atoms with E-state index in [0.29, 0.717) is 6.61 Å². The fourth-order valence-corrected chi connectivity index (χ4v) is 2.66. The average molecular weight is 286 g/mol. The molecule has 0 aromatic carbocycles. The minimum absolute atomic E-state index is 0. The van der Waals surface area contributed by atoms with Gasteiger partial charge < -0.3 is 5.11 Å². The Morgan fingerprint density at radius 2 is 0.700 bits per heavy atom. The van der Waals surface area contributed by atoms with Gasteiger partial charge in [-0.15, -0.1) is 0 Å². The monoisotopic (exact) mass is 286 g/mol. The van der Waals surface area contributed by atoms with Gasteiger partial charge in [0.25, 0.3) is 0 Å². The summed E-state index contributed by atoms with van der Waals surface area (Å²) in [5, 5.41) is 8.67. The molecule has 0 aliphatic rings. The van der Waals surface area contributed by atoms with Crippen molar-refractivity contribution in [3.63, 3.8) is 0 Å². The topological polar surface area (TPSA) is 48.7 Å². The Balaban J connectivity index is 0. The highest BCUT2D eigenvalue weighted by Crippen LogP contribution is 2.13. The van der Waals surface area contributed by atoms with Gasteiger partial charge in [-0.25, -0.2) is 0 Å². The molecule has 20 heavy (non-hydrogen) atoms. The van der Waals surface area contributed by atoms with Crippen LogP contribution in [0.3, 0.4) is 0 Å². The molecular weight excluding hydrogens is 248 g/mol. The molecule has 0 saturated carbocycles. The van der Waals surface area contributed by atoms with E-state index in [1.807, 2.05) is 0 Å². The summed E-state index contributed by atoms with van der Waals surface area (Å²) in [4.78, 5) is 0. The molecule has 0 saturated heterocycles. The zero-order valence-electron chi connectivity index (χ0n) is 13.9. The highest BCUT2D eigenvalue weighted by molar-refractivity contribution is 4.49. The molecule has 0 aliphatic heterocycles. The quantitative estimate of drug-likeness (QED) is 0.341. The second-order valence-corrected chi connectivity index (χ2v) is 6.03. The van der Waals surface area contributed by atoms with Gasteiger partial charge in [-0.2, -0.15) is 0 Å². The van der Waals surface area contributed by atoms with Gasteiger partial charge in [0.1, 0.15) is 0 Å². The second-order valence-electron chi connectivity index (χ2n) is 6.03. The molecular formula is C18H38O2. The maximum atomic E-state index is 8.67. The van der Waals surface area contributed by atoms with Crippen molar-refractivity contribution in [3.8, 4) is 0 Å². The summed E-state index contributed by atoms with van der Waals surface area (Å²) in [5.41, 5.74) is 0. The second kappa shape index (κ2) is 21.2. The Morgan fingerprint density at radius 1 is 0.450 bits per heavy atom. The predicted octanol–water partition coefficient (Wildman–Crippen LogP) is 6.12. The van der Waals surface area contributed by atoms with Crippen molar-refractivity contribution < 1.29 is 10.6 Å². The maximum Gasteiger partial charge on any atom is 0.0431 e. The van der Waals surface area contributed by atoms with Crippen LogP contribution in [0.2, 0.25) is 0 Å². The Kier molecular flexibility index (Phi) is 23.6. The van der Waals surface area contributed by atoms with E-state index in [0.717, 1.165) is 6.42 Å². The van der Waals surface area contributed by atoms with E-state index < -0.39 is 0 Å². The number of rotatable bonds is 16. The summed E-state index contributed by atoms with van der Waals surface area (Å²) in [6.07, 6.45) is 22.2. The number of hydrogen-bond acceptors (Lipinski definition) is 1. The standard InChI is InChI=1S/C18H38O.O/c1-2-3-4-5-6-7-8-9-10-11-12-13-14-15-16-17-18-19;/h19H,2-18H2,1H3;. The lowest BCUT2D eigenvalue weighted by Gasteiger charge is -2.03. The summed E-state index contributed by atoms with van der Waals surface area (Å²) >= 11 is 0. The van der Waals surface area contributed by atoms with Gasteiger partial charge in [0, 0.05) is 12.1 Å². The predicted molar refractivity (Wildman–Crippen MR) is 87.3 cm³/mol. The van der Waals surface area contributed by atoms with Crippen molar-refractivity contribution in [1.29, 1.82) is 0 Å². The van der Waals surface area contributed by atoms with Crippen LogP contribution in [0.4, 0.5) is 0 Å². The highest BCUT2D eigenvalue weighted by atomic mass is 16.2. The molecule has 0 aliphatic carbocycles. The third-order valence-corrected chi connectivity index (χ3v) is 4.01. The van der Waals surface area contributed by atoms with Crippen molar-refractivity contribution in [1.82, 2.24) is 0 Å². The first-order valence-electron chi connectivity index (χ1n) is 9.02. The van der Waals surface area contributed by atoms with Crippen molar-refractivity contribution in [2.45, 2.75) is 110 Å². The van der Waals surface area contributed by atoms with Crippen molar-refractivity contribution >= 4 is 0 Å². The minimum Gasteiger partial charge on any atom is -0.396 e. The molecule has 0 rings (SSSR count). The zero-order valence-corrected chi connectivity index (χ0v) is 13.9. The normalized spacial score (nSPS) is 10.5. The lowest BCUT2D eigenvalue weighted by Crippen LogP contribution is -1.85. The van der Waals surface area contributed by atoms with Crippen LogP contribution in [0.5, 0.6) is 0 Å². The van der Waals surface area contributed by atoms with Gasteiger partial charge in [0.15, 0.2) is 0 Å². The molecule has 122 valence electrons. The number of aliphatic hydroxyl groups excluding tert-OH is 1. The van der Waals surface area contributed by atoms with Crippen LogP contribution < -0.4 is 0 Å². The molecule has 0 spiro atoms. The first-order chi connectivity index (χ1) is 9.41. The maximum absolute atomic E-state index is 8.67. The molecule has 0 heterocycles. The fourth-order valence-electron chi connectivity index (χ4n) is 2.66. The van der Waals surface area contributed by atoms with Crippen LogP contribution in [0.1, 0.15) is 110 Å². The van der Waals surface area contributed by atoms with E-state index in [1.54, 1.807) is 0 Å². The number of hydrogen-bond donors (Lipinski definition) is 1. The number of unbranched alkanes of at least 4 members (excludes halogenated alkanes) is 15. The van der Waals surface area contributed by atoms with Gasteiger partial charge in [0.05, 0.1) is 0 Å². The van der Waals surface area contributed by atoms with Crippen LogP contribution in [0.15, 0.2) is 0 Å². The number of aliphatic hydroxyl groups is 1. The third-order valence-electron chi connectivity index (χ3n) is 4.01. The summed E-state index contributed by atoms with van der Waals surface area (Å²) < 4.78 is 0. The van der Waals surface area contributed by atoms with Crippen molar-refractivity contribution in [2.75, 3.05) is 6.61 Å². The van der Waals surface area contributed by atoms with Gasteiger partial charge in [-0.1, -0.05) is 103 Å². The molecule has 2 heteroatoms. The molecule has 0 unspecified atom stereocenters. The first kappa shape index (κ1) is 22.2. The Morgan fingerprint density at radius 3 is 0.950 bits per heavy atom. The zero-order chi connectivity index (χ0) is 14.0. The summed E-state index contributed by atoms with van der Waals surface area (Å²) in [5.74, 6) is 0. The largest absolute Gasteiger partial charge is 0.396 e. The summed E-state index contributed by atoms with van der Waals surface area (Å²) in [7, 11) is 0. The SMILES string of the molecule is CCCCCCCCCCCCCCCCCCO.[O]. The van der Waals surface area contributed by atoms with Gasteiger partial charge in [0.2, 0.25) is 0 Å². The van der Waals surface area contributed by atoms with Crippen molar-refractivity contribution in [2.24, 2.45) is 0 Å². The lowest BCUT2D eigenvalue weighted by molar-refractivity contribution is 0.282. The Hall–Kier alpha value is -0.0800. The molecule has 0 fully saturated rings. The van der Waals surface area contributed by atoms with Crippen LogP contribution in [-0.2, 0) is 5.48 Å². The first-order valence-corrected chi connectivity index (χ1v) is 9.02. The summed E-state index contributed by atoms with van der Waals surface area (Å²) in [6.45, 7) is 2.66. The Labute approximate surface area is 127 Å². The van der Waals surface area contributed by atoms with E-state index in [1.165, 1.54) is 96.3 Å². The smallest absolute Gasteiger partial charge is 0.0431 e. The minimum atomic E-state index is 0. The molecule has 2 nitrogen and oxygen atoms in total. The summed E-state index contributed by atoms with van der Waals surface area (Å²) in [6, 6.07) is 0. The highest BCUT2D eigenvalue weighted by Gasteiger charge is 1.94. The molecule has 0 amide bonds. The molecule has 0 bridgehead atoms. The molecule has 2 radical (unpaired) electrons. The van der Waals surface area contributed by atoms with Gasteiger partial charge in [-0.05, 0) is 6.42 Å². The van der Waals surface area contributed by atoms with E-state index in [4.69, 9.17) is 5.11 Å². The average Bonchev–Trinajstić information content (AvgIpc) is 2.43. The Bertz CT molecular complexity index is 132. The molecule has 0 aromatic heterocycles. The van der Waals surface area contributed by atoms with Crippen LogP contribution in [0.25, 0.3) is 0 Å². The van der Waals surface area contributed by atoms with E-state index >= 15 is 0 Å². The molecule has 0 atom stereocenters. The van der Waals surface area contributed by atoms with Crippen LogP contribution in [0, 0.1) is 0 Å². The van der Waals surface area contributed by atoms with E-state index in [9.17, 15) is 0 Å².